The monoisotopic (exact) mass is 339 g/mol. The van der Waals surface area contributed by atoms with Gasteiger partial charge in [-0.25, -0.2) is 0 Å². The highest BCUT2D eigenvalue weighted by molar-refractivity contribution is 5.87. The van der Waals surface area contributed by atoms with Crippen molar-refractivity contribution in [1.29, 1.82) is 0 Å². The highest BCUT2D eigenvalue weighted by atomic mass is 16.1. The molecule has 1 atom stereocenters. The fourth-order valence-corrected chi connectivity index (χ4v) is 3.39. The summed E-state index contributed by atoms with van der Waals surface area (Å²) in [6, 6.07) is 4.15. The zero-order chi connectivity index (χ0) is 18.1. The van der Waals surface area contributed by atoms with Crippen molar-refractivity contribution in [2.75, 3.05) is 23.7 Å². The number of aromatic amines is 1. The fraction of sp³-hybridized carbons (Fsp3) is 0.421. The van der Waals surface area contributed by atoms with Gasteiger partial charge >= 0.3 is 0 Å². The molecule has 1 aliphatic heterocycles. The lowest BCUT2D eigenvalue weighted by molar-refractivity contribution is 0.658. The van der Waals surface area contributed by atoms with Crippen LogP contribution in [0.15, 0.2) is 21.9 Å². The average Bonchev–Trinajstić information content (AvgIpc) is 2.94. The van der Waals surface area contributed by atoms with Crippen molar-refractivity contribution in [3.05, 3.63) is 44.7 Å². The van der Waals surface area contributed by atoms with Gasteiger partial charge < -0.3 is 10.6 Å². The Morgan fingerprint density at radius 3 is 2.56 bits per heavy atom. The number of aliphatic imine (C=N–C) groups is 1. The minimum atomic E-state index is -0.256. The number of anilines is 2. The summed E-state index contributed by atoms with van der Waals surface area (Å²) in [7, 11) is 0. The van der Waals surface area contributed by atoms with Gasteiger partial charge in [-0.05, 0) is 44.2 Å². The highest BCUT2D eigenvalue weighted by Gasteiger charge is 2.21. The molecule has 132 valence electrons. The van der Waals surface area contributed by atoms with E-state index in [-0.39, 0.29) is 11.4 Å². The Kier molecular flexibility index (Phi) is 4.61. The summed E-state index contributed by atoms with van der Waals surface area (Å²) in [5.41, 5.74) is 10.3. The van der Waals surface area contributed by atoms with Crippen LogP contribution in [0.4, 0.5) is 17.5 Å². The van der Waals surface area contributed by atoms with Crippen molar-refractivity contribution in [2.24, 2.45) is 10.9 Å². The number of rotatable bonds is 3. The van der Waals surface area contributed by atoms with Crippen LogP contribution >= 0.6 is 0 Å². The maximum absolute atomic E-state index is 12.5. The molecule has 0 saturated carbocycles. The lowest BCUT2D eigenvalue weighted by Crippen LogP contribution is -2.27. The van der Waals surface area contributed by atoms with Gasteiger partial charge in [-0.1, -0.05) is 24.6 Å². The van der Waals surface area contributed by atoms with Crippen molar-refractivity contribution >= 4 is 23.7 Å². The van der Waals surface area contributed by atoms with Crippen molar-refractivity contribution in [3.8, 4) is 0 Å². The molecular weight excluding hydrogens is 314 g/mol. The van der Waals surface area contributed by atoms with E-state index >= 15 is 0 Å². The van der Waals surface area contributed by atoms with Crippen molar-refractivity contribution in [2.45, 2.75) is 34.1 Å². The number of hydrogen-bond donors (Lipinski definition) is 2. The number of H-pyrrole nitrogens is 1. The molecule has 0 radical (unpaired) electrons. The SMILES string of the molecule is Cc1cc(C)c(N=Cc2c(N)nc(N3CCC(C)C3)[nH]c2=O)c(C)c1. The molecule has 3 rings (SSSR count). The number of nitrogens with two attached hydrogens (primary N) is 1. The molecule has 1 aliphatic rings. The van der Waals surface area contributed by atoms with Gasteiger partial charge in [0.15, 0.2) is 0 Å². The standard InChI is InChI=1S/C19H25N5O/c1-11-5-6-24(10-11)19-22-17(20)15(18(25)23-19)9-21-16-13(3)7-12(2)8-14(16)4/h7-9,11H,5-6,10H2,1-4H3,(H3,20,22,23,25). The Morgan fingerprint density at radius 2 is 2.00 bits per heavy atom. The van der Waals surface area contributed by atoms with E-state index in [0.717, 1.165) is 36.3 Å². The number of hydrogen-bond acceptors (Lipinski definition) is 5. The fourth-order valence-electron chi connectivity index (χ4n) is 3.39. The first-order valence-corrected chi connectivity index (χ1v) is 8.62. The summed E-state index contributed by atoms with van der Waals surface area (Å²) in [6.45, 7) is 10.0. The van der Waals surface area contributed by atoms with Gasteiger partial charge in [0.25, 0.3) is 5.56 Å². The van der Waals surface area contributed by atoms with Crippen LogP contribution in [0.5, 0.6) is 0 Å². The highest BCUT2D eigenvalue weighted by Crippen LogP contribution is 2.25. The van der Waals surface area contributed by atoms with E-state index in [0.29, 0.717) is 17.4 Å². The molecule has 2 aromatic rings. The van der Waals surface area contributed by atoms with E-state index in [1.54, 1.807) is 0 Å². The van der Waals surface area contributed by atoms with Gasteiger partial charge in [0, 0.05) is 19.3 Å². The molecule has 1 unspecified atom stereocenters. The summed E-state index contributed by atoms with van der Waals surface area (Å²) in [5, 5.41) is 0. The third-order valence-corrected chi connectivity index (χ3v) is 4.65. The second-order valence-corrected chi connectivity index (χ2v) is 7.03. The molecule has 1 fully saturated rings. The topological polar surface area (TPSA) is 87.4 Å². The second kappa shape index (κ2) is 6.70. The minimum absolute atomic E-state index is 0.212. The zero-order valence-electron chi connectivity index (χ0n) is 15.3. The average molecular weight is 339 g/mol. The van der Waals surface area contributed by atoms with E-state index < -0.39 is 0 Å². The Bertz CT molecular complexity index is 861. The van der Waals surface area contributed by atoms with Crippen LogP contribution in [0.1, 0.15) is 35.6 Å². The molecule has 0 bridgehead atoms. The normalized spacial score (nSPS) is 17.6. The van der Waals surface area contributed by atoms with Crippen LogP contribution in [0.25, 0.3) is 0 Å². The van der Waals surface area contributed by atoms with Crippen LogP contribution in [-0.4, -0.2) is 29.3 Å². The number of aromatic nitrogens is 2. The molecule has 1 aromatic heterocycles. The molecule has 6 heteroatoms. The summed E-state index contributed by atoms with van der Waals surface area (Å²) in [6.07, 6.45) is 2.61. The number of nitrogens with zero attached hydrogens (tertiary/aromatic N) is 3. The second-order valence-electron chi connectivity index (χ2n) is 7.03. The van der Waals surface area contributed by atoms with Crippen LogP contribution < -0.4 is 16.2 Å². The first-order chi connectivity index (χ1) is 11.8. The molecule has 0 amide bonds. The lowest BCUT2D eigenvalue weighted by atomic mass is 10.1. The molecule has 3 N–H and O–H groups in total. The van der Waals surface area contributed by atoms with Crippen molar-refractivity contribution in [3.63, 3.8) is 0 Å². The van der Waals surface area contributed by atoms with Crippen molar-refractivity contribution in [1.82, 2.24) is 9.97 Å². The number of nitrogen functional groups attached to an aromatic ring is 1. The molecule has 0 spiro atoms. The molecule has 1 aromatic carbocycles. The van der Waals surface area contributed by atoms with Gasteiger partial charge in [-0.3, -0.25) is 14.8 Å². The summed E-state index contributed by atoms with van der Waals surface area (Å²) in [5.74, 6) is 1.36. The van der Waals surface area contributed by atoms with E-state index in [4.69, 9.17) is 5.73 Å². The molecule has 6 nitrogen and oxygen atoms in total. The maximum Gasteiger partial charge on any atom is 0.263 e. The minimum Gasteiger partial charge on any atom is -0.383 e. The van der Waals surface area contributed by atoms with Gasteiger partial charge in [-0.15, -0.1) is 0 Å². The first kappa shape index (κ1) is 17.2. The smallest absolute Gasteiger partial charge is 0.263 e. The van der Waals surface area contributed by atoms with Gasteiger partial charge in [0.2, 0.25) is 5.95 Å². The van der Waals surface area contributed by atoms with E-state index in [1.165, 1.54) is 11.8 Å². The predicted octanol–water partition coefficient (Wildman–Crippen LogP) is 2.87. The van der Waals surface area contributed by atoms with Gasteiger partial charge in [0.05, 0.1) is 5.69 Å². The van der Waals surface area contributed by atoms with E-state index in [1.807, 2.05) is 13.8 Å². The van der Waals surface area contributed by atoms with E-state index in [2.05, 4.69) is 45.8 Å². The van der Waals surface area contributed by atoms with Crippen molar-refractivity contribution < 1.29 is 0 Å². The Labute approximate surface area is 147 Å². The summed E-state index contributed by atoms with van der Waals surface area (Å²) >= 11 is 0. The van der Waals surface area contributed by atoms with Crippen LogP contribution in [-0.2, 0) is 0 Å². The van der Waals surface area contributed by atoms with Crippen LogP contribution in [0.2, 0.25) is 0 Å². The molecular formula is C19H25N5O. The Hall–Kier alpha value is -2.63. The third-order valence-electron chi connectivity index (χ3n) is 4.65. The molecule has 2 heterocycles. The Morgan fingerprint density at radius 1 is 1.32 bits per heavy atom. The molecule has 0 aliphatic carbocycles. The predicted molar refractivity (Wildman–Crippen MR) is 103 cm³/mol. The largest absolute Gasteiger partial charge is 0.383 e. The summed E-state index contributed by atoms with van der Waals surface area (Å²) in [4.78, 5) is 26.2. The third kappa shape index (κ3) is 3.57. The van der Waals surface area contributed by atoms with Gasteiger partial charge in [0.1, 0.15) is 11.4 Å². The number of aryl methyl sites for hydroxylation is 3. The summed E-state index contributed by atoms with van der Waals surface area (Å²) < 4.78 is 0. The van der Waals surface area contributed by atoms with Gasteiger partial charge in [-0.2, -0.15) is 4.98 Å². The number of benzene rings is 1. The van der Waals surface area contributed by atoms with Crippen LogP contribution in [0, 0.1) is 26.7 Å². The molecule has 25 heavy (non-hydrogen) atoms. The maximum atomic E-state index is 12.5. The molecule has 1 saturated heterocycles. The number of nitrogens with one attached hydrogen (secondary N) is 1. The lowest BCUT2D eigenvalue weighted by Gasteiger charge is -2.16. The van der Waals surface area contributed by atoms with E-state index in [9.17, 15) is 4.79 Å². The Balaban J connectivity index is 1.92. The quantitative estimate of drug-likeness (QED) is 0.842. The van der Waals surface area contributed by atoms with Crippen LogP contribution in [0.3, 0.4) is 0 Å². The first-order valence-electron chi connectivity index (χ1n) is 8.62. The zero-order valence-corrected chi connectivity index (χ0v) is 15.3.